The number of hydrogen-bond acceptors (Lipinski definition) is 2. The van der Waals surface area contributed by atoms with Gasteiger partial charge in [0.25, 0.3) is 0 Å². The minimum atomic E-state index is 0.592. The van der Waals surface area contributed by atoms with Crippen LogP contribution >= 0.6 is 31.9 Å². The lowest BCUT2D eigenvalue weighted by molar-refractivity contribution is 0.276. The summed E-state index contributed by atoms with van der Waals surface area (Å²) in [6.07, 6.45) is 6.25. The van der Waals surface area contributed by atoms with Crippen LogP contribution < -0.4 is 0 Å². The molecule has 0 amide bonds. The number of nitrogens with zero attached hydrogens (tertiary/aromatic N) is 2. The van der Waals surface area contributed by atoms with Crippen LogP contribution in [0.1, 0.15) is 62.1 Å². The average Bonchev–Trinajstić information content (AvgIpc) is 2.75. The molecule has 162 valence electrons. The molecule has 0 N–H and O–H groups in total. The van der Waals surface area contributed by atoms with Crippen molar-refractivity contribution in [1.82, 2.24) is 4.90 Å². The van der Waals surface area contributed by atoms with Gasteiger partial charge in [0, 0.05) is 29.0 Å². The number of aryl methyl sites for hydroxylation is 1. The van der Waals surface area contributed by atoms with Crippen molar-refractivity contribution in [2.24, 2.45) is 0 Å². The van der Waals surface area contributed by atoms with Crippen LogP contribution in [0.25, 0.3) is 0 Å². The third-order valence-electron chi connectivity index (χ3n) is 5.74. The molecule has 0 bridgehead atoms. The molecule has 0 saturated heterocycles. The fourth-order valence-electron chi connectivity index (χ4n) is 4.12. The standard InChI is InChI=1S/C24H31Br2N.C2H3N/c1-2-27(18-20-8-4-3-5-9-20)17-7-10-19-13-15-21(16-14-19)24-22(25)11-6-12-23(24)26;1-2-3/h3-5,8-9,13-16,22-24H,2,6-7,10-12,17-18H2,1H3;1H3. The Morgan fingerprint density at radius 2 is 1.57 bits per heavy atom. The number of nitriles is 1. The molecule has 0 aliphatic heterocycles. The maximum absolute atomic E-state index is 7.32. The van der Waals surface area contributed by atoms with Crippen molar-refractivity contribution in [2.45, 2.75) is 68.1 Å². The summed E-state index contributed by atoms with van der Waals surface area (Å²) in [5.41, 5.74) is 4.34. The second-order valence-electron chi connectivity index (χ2n) is 7.91. The van der Waals surface area contributed by atoms with E-state index in [1.54, 1.807) is 6.07 Å². The van der Waals surface area contributed by atoms with E-state index >= 15 is 0 Å². The van der Waals surface area contributed by atoms with Crippen molar-refractivity contribution in [3.05, 3.63) is 71.3 Å². The highest BCUT2D eigenvalue weighted by Crippen LogP contribution is 2.41. The molecule has 2 unspecified atom stereocenters. The van der Waals surface area contributed by atoms with E-state index in [4.69, 9.17) is 5.26 Å². The average molecular weight is 534 g/mol. The number of hydrogen-bond donors (Lipinski definition) is 0. The summed E-state index contributed by atoms with van der Waals surface area (Å²) >= 11 is 7.82. The van der Waals surface area contributed by atoms with Gasteiger partial charge in [-0.1, -0.05) is 99.8 Å². The second-order valence-corrected chi connectivity index (χ2v) is 10.3. The Morgan fingerprint density at radius 3 is 2.13 bits per heavy atom. The molecule has 1 fully saturated rings. The fraction of sp³-hybridized carbons (Fsp3) is 0.500. The molecule has 0 radical (unpaired) electrons. The van der Waals surface area contributed by atoms with E-state index in [-0.39, 0.29) is 0 Å². The van der Waals surface area contributed by atoms with Crippen molar-refractivity contribution >= 4 is 31.9 Å². The lowest BCUT2D eigenvalue weighted by Crippen LogP contribution is -2.26. The molecule has 2 atom stereocenters. The molecule has 2 aromatic carbocycles. The lowest BCUT2D eigenvalue weighted by atomic mass is 9.83. The van der Waals surface area contributed by atoms with Crippen LogP contribution in [-0.4, -0.2) is 27.6 Å². The van der Waals surface area contributed by atoms with Gasteiger partial charge in [-0.3, -0.25) is 4.90 Å². The van der Waals surface area contributed by atoms with E-state index in [1.807, 2.05) is 0 Å². The zero-order valence-electron chi connectivity index (χ0n) is 18.2. The van der Waals surface area contributed by atoms with Gasteiger partial charge in [-0.05, 0) is 55.5 Å². The van der Waals surface area contributed by atoms with Gasteiger partial charge in [-0.2, -0.15) is 5.26 Å². The summed E-state index contributed by atoms with van der Waals surface area (Å²) in [4.78, 5) is 3.73. The van der Waals surface area contributed by atoms with Crippen LogP contribution in [0, 0.1) is 11.3 Å². The summed E-state index contributed by atoms with van der Waals surface area (Å²) in [5.74, 6) is 0.592. The van der Waals surface area contributed by atoms with E-state index in [2.05, 4.69) is 98.3 Å². The highest BCUT2D eigenvalue weighted by atomic mass is 79.9. The first-order valence-electron chi connectivity index (χ1n) is 11.0. The van der Waals surface area contributed by atoms with Crippen LogP contribution in [0.2, 0.25) is 0 Å². The van der Waals surface area contributed by atoms with Gasteiger partial charge in [0.1, 0.15) is 0 Å². The molecule has 0 spiro atoms. The monoisotopic (exact) mass is 532 g/mol. The molecular weight excluding hydrogens is 500 g/mol. The first-order valence-corrected chi connectivity index (χ1v) is 12.9. The van der Waals surface area contributed by atoms with Crippen LogP contribution in [0.5, 0.6) is 0 Å². The molecule has 2 aromatic rings. The highest BCUT2D eigenvalue weighted by molar-refractivity contribution is 9.10. The molecule has 30 heavy (non-hydrogen) atoms. The number of rotatable bonds is 8. The topological polar surface area (TPSA) is 27.0 Å². The Balaban J connectivity index is 0.00000101. The maximum Gasteiger partial charge on any atom is 0.0587 e. The number of benzene rings is 2. The van der Waals surface area contributed by atoms with Crippen molar-refractivity contribution in [1.29, 1.82) is 5.26 Å². The summed E-state index contributed by atoms with van der Waals surface area (Å²) < 4.78 is 0. The van der Waals surface area contributed by atoms with Crippen LogP contribution in [0.15, 0.2) is 54.6 Å². The van der Waals surface area contributed by atoms with Crippen LogP contribution in [0.4, 0.5) is 0 Å². The second kappa shape index (κ2) is 14.0. The van der Waals surface area contributed by atoms with E-state index in [0.717, 1.165) is 26.1 Å². The Kier molecular flexibility index (Phi) is 11.7. The first kappa shape index (κ1) is 25.1. The number of alkyl halides is 2. The van der Waals surface area contributed by atoms with E-state index < -0.39 is 0 Å². The predicted molar refractivity (Wildman–Crippen MR) is 135 cm³/mol. The van der Waals surface area contributed by atoms with Crippen LogP contribution in [-0.2, 0) is 13.0 Å². The summed E-state index contributed by atoms with van der Waals surface area (Å²) in [6.45, 7) is 7.00. The van der Waals surface area contributed by atoms with Gasteiger partial charge < -0.3 is 0 Å². The van der Waals surface area contributed by atoms with Crippen molar-refractivity contribution in [3.8, 4) is 6.07 Å². The molecule has 1 aliphatic carbocycles. The van der Waals surface area contributed by atoms with Gasteiger partial charge >= 0.3 is 0 Å². The Labute approximate surface area is 199 Å². The molecular formula is C26H34Br2N2. The summed E-state index contributed by atoms with van der Waals surface area (Å²) in [6, 6.07) is 21.9. The highest BCUT2D eigenvalue weighted by Gasteiger charge is 2.31. The quantitative estimate of drug-likeness (QED) is 0.329. The summed E-state index contributed by atoms with van der Waals surface area (Å²) in [7, 11) is 0. The Hall–Kier alpha value is -1.15. The minimum absolute atomic E-state index is 0.592. The fourth-order valence-corrected chi connectivity index (χ4v) is 6.52. The third kappa shape index (κ3) is 8.17. The third-order valence-corrected chi connectivity index (χ3v) is 7.79. The normalized spacial score (nSPS) is 20.9. The SMILES string of the molecule is CC#N.CCN(CCCc1ccc(C2C(Br)CCCC2Br)cc1)Cc1ccccc1. The van der Waals surface area contributed by atoms with E-state index in [0.29, 0.717) is 15.6 Å². The molecule has 4 heteroatoms. The van der Waals surface area contributed by atoms with Crippen molar-refractivity contribution in [2.75, 3.05) is 13.1 Å². The molecule has 0 aromatic heterocycles. The largest absolute Gasteiger partial charge is 0.299 e. The van der Waals surface area contributed by atoms with Gasteiger partial charge in [-0.15, -0.1) is 0 Å². The van der Waals surface area contributed by atoms with Gasteiger partial charge in [0.2, 0.25) is 0 Å². The molecule has 2 nitrogen and oxygen atoms in total. The molecule has 3 rings (SSSR count). The molecule has 1 aliphatic rings. The van der Waals surface area contributed by atoms with Crippen molar-refractivity contribution in [3.63, 3.8) is 0 Å². The smallest absolute Gasteiger partial charge is 0.0587 e. The number of halogens is 2. The lowest BCUT2D eigenvalue weighted by Gasteiger charge is -2.32. The minimum Gasteiger partial charge on any atom is -0.299 e. The molecule has 1 saturated carbocycles. The molecule has 0 heterocycles. The summed E-state index contributed by atoms with van der Waals surface area (Å²) in [5, 5.41) is 7.32. The van der Waals surface area contributed by atoms with E-state index in [1.165, 1.54) is 49.3 Å². The Bertz CT molecular complexity index is 745. The zero-order chi connectivity index (χ0) is 21.8. The zero-order valence-corrected chi connectivity index (χ0v) is 21.4. The first-order chi connectivity index (χ1) is 14.6. The predicted octanol–water partition coefficient (Wildman–Crippen LogP) is 7.47. The van der Waals surface area contributed by atoms with Gasteiger partial charge in [0.15, 0.2) is 0 Å². The maximum atomic E-state index is 7.32. The van der Waals surface area contributed by atoms with Gasteiger partial charge in [-0.25, -0.2) is 0 Å². The van der Waals surface area contributed by atoms with Crippen molar-refractivity contribution < 1.29 is 0 Å². The van der Waals surface area contributed by atoms with Crippen LogP contribution in [0.3, 0.4) is 0 Å². The van der Waals surface area contributed by atoms with E-state index in [9.17, 15) is 0 Å². The van der Waals surface area contributed by atoms with Gasteiger partial charge in [0.05, 0.1) is 6.07 Å². The Morgan fingerprint density at radius 1 is 0.967 bits per heavy atom.